The van der Waals surface area contributed by atoms with E-state index in [1.54, 1.807) is 0 Å². The molecule has 0 atom stereocenters. The fourth-order valence-corrected chi connectivity index (χ4v) is 1.40. The molecule has 6 nitrogen and oxygen atoms in total. The predicted octanol–water partition coefficient (Wildman–Crippen LogP) is 0.705. The van der Waals surface area contributed by atoms with Gasteiger partial charge in [0.05, 0.1) is 11.1 Å². The van der Waals surface area contributed by atoms with Crippen LogP contribution in [0.4, 0.5) is 5.69 Å². The Morgan fingerprint density at radius 2 is 1.88 bits per heavy atom. The van der Waals surface area contributed by atoms with Crippen molar-refractivity contribution < 1.29 is 13.9 Å². The molecule has 0 aliphatic heterocycles. The first kappa shape index (κ1) is 10.2. The van der Waals surface area contributed by atoms with Crippen LogP contribution in [0.5, 0.6) is 0 Å². The molecule has 0 aliphatic carbocycles. The number of amides is 1. The third-order valence-electron chi connectivity index (χ3n) is 1.99. The second-order valence-electron chi connectivity index (χ2n) is 3.15. The second-order valence-corrected chi connectivity index (χ2v) is 3.15. The lowest BCUT2D eigenvalue weighted by molar-refractivity contribution is -0.114. The van der Waals surface area contributed by atoms with E-state index in [1.807, 2.05) is 0 Å². The average molecular weight is 221 g/mol. The van der Waals surface area contributed by atoms with Gasteiger partial charge in [-0.2, -0.15) is 0 Å². The Balaban J connectivity index is 2.86. The molecule has 2 rings (SSSR count). The van der Waals surface area contributed by atoms with Gasteiger partial charge in [0.25, 0.3) is 0 Å². The minimum Gasteiger partial charge on any atom is -0.326 e. The van der Waals surface area contributed by atoms with Gasteiger partial charge in [0.1, 0.15) is 5.39 Å². The molecular weight excluding hydrogens is 214 g/mol. The van der Waals surface area contributed by atoms with Crippen molar-refractivity contribution in [1.82, 2.24) is 0 Å². The van der Waals surface area contributed by atoms with Crippen LogP contribution >= 0.6 is 0 Å². The highest BCUT2D eigenvalue weighted by Crippen LogP contribution is 2.16. The Bertz CT molecular complexity index is 667. The Labute approximate surface area is 88.4 Å². The third-order valence-corrected chi connectivity index (χ3v) is 1.99. The minimum atomic E-state index is -0.807. The predicted molar refractivity (Wildman–Crippen MR) is 55.3 cm³/mol. The van der Waals surface area contributed by atoms with Crippen molar-refractivity contribution in [2.24, 2.45) is 0 Å². The number of hydrogen-bond donors (Lipinski definition) is 1. The molecular formula is C10H7NO5. The molecule has 0 radical (unpaired) electrons. The van der Waals surface area contributed by atoms with E-state index in [9.17, 15) is 14.4 Å². The number of benzene rings is 1. The lowest BCUT2D eigenvalue weighted by Crippen LogP contribution is -2.13. The summed E-state index contributed by atoms with van der Waals surface area (Å²) < 4.78 is 8.37. The molecule has 16 heavy (non-hydrogen) atoms. The van der Waals surface area contributed by atoms with E-state index in [-0.39, 0.29) is 22.4 Å². The Morgan fingerprint density at radius 1 is 1.19 bits per heavy atom. The highest BCUT2D eigenvalue weighted by Gasteiger charge is 2.11. The SMILES string of the molecule is CC(=O)Nc1cccc2c(=O)ooc(=O)c12. The number of carbonyl (C=O) groups excluding carboxylic acids is 1. The van der Waals surface area contributed by atoms with Crippen LogP contribution in [0.3, 0.4) is 0 Å². The van der Waals surface area contributed by atoms with Crippen LogP contribution in [0.1, 0.15) is 6.92 Å². The van der Waals surface area contributed by atoms with Crippen molar-refractivity contribution >= 4 is 22.4 Å². The van der Waals surface area contributed by atoms with Gasteiger partial charge < -0.3 is 5.32 Å². The second kappa shape index (κ2) is 3.65. The molecule has 1 aromatic heterocycles. The molecule has 0 saturated carbocycles. The molecule has 1 amide bonds. The zero-order valence-electron chi connectivity index (χ0n) is 8.27. The first-order valence-corrected chi connectivity index (χ1v) is 4.43. The van der Waals surface area contributed by atoms with Crippen LogP contribution in [0, 0.1) is 0 Å². The number of carbonyl (C=O) groups is 1. The van der Waals surface area contributed by atoms with Crippen LogP contribution in [0.2, 0.25) is 0 Å². The van der Waals surface area contributed by atoms with E-state index in [0.29, 0.717) is 0 Å². The minimum absolute atomic E-state index is 0.00829. The first-order valence-electron chi connectivity index (χ1n) is 4.43. The van der Waals surface area contributed by atoms with E-state index < -0.39 is 11.3 Å². The zero-order chi connectivity index (χ0) is 11.7. The van der Waals surface area contributed by atoms with Crippen molar-refractivity contribution in [2.45, 2.75) is 6.92 Å². The third kappa shape index (κ3) is 1.60. The van der Waals surface area contributed by atoms with Crippen molar-refractivity contribution in [3.63, 3.8) is 0 Å². The van der Waals surface area contributed by atoms with Crippen molar-refractivity contribution in [2.75, 3.05) is 5.32 Å². The maximum atomic E-state index is 11.4. The summed E-state index contributed by atoms with van der Waals surface area (Å²) in [7, 11) is 0. The average Bonchev–Trinajstić information content (AvgIpc) is 2.23. The number of hydrogen-bond acceptors (Lipinski definition) is 5. The smallest absolute Gasteiger partial charge is 0.326 e. The van der Waals surface area contributed by atoms with Gasteiger partial charge in [0, 0.05) is 6.92 Å². The number of nitrogens with one attached hydrogen (secondary N) is 1. The summed E-state index contributed by atoms with van der Waals surface area (Å²) >= 11 is 0. The van der Waals surface area contributed by atoms with Gasteiger partial charge in [-0.15, -0.1) is 0 Å². The summed E-state index contributed by atoms with van der Waals surface area (Å²) in [5, 5.41) is 2.52. The van der Waals surface area contributed by atoms with Crippen LogP contribution < -0.4 is 16.6 Å². The molecule has 1 heterocycles. The molecule has 6 heteroatoms. The Hall–Kier alpha value is -2.37. The van der Waals surface area contributed by atoms with Gasteiger partial charge in [-0.25, -0.2) is 18.7 Å². The largest absolute Gasteiger partial charge is 0.389 e. The molecule has 2 aromatic rings. The molecule has 0 aliphatic rings. The zero-order valence-corrected chi connectivity index (χ0v) is 8.27. The first-order chi connectivity index (χ1) is 7.59. The Morgan fingerprint density at radius 3 is 2.56 bits per heavy atom. The summed E-state index contributed by atoms with van der Waals surface area (Å²) in [6.45, 7) is 1.30. The number of rotatable bonds is 1. The maximum Gasteiger partial charge on any atom is 0.389 e. The molecule has 0 saturated heterocycles. The quantitative estimate of drug-likeness (QED) is 0.716. The number of fused-ring (bicyclic) bond motifs is 1. The molecule has 1 aromatic carbocycles. The van der Waals surface area contributed by atoms with Gasteiger partial charge in [-0.3, -0.25) is 4.79 Å². The van der Waals surface area contributed by atoms with Gasteiger partial charge in [0.15, 0.2) is 0 Å². The molecule has 0 spiro atoms. The summed E-state index contributed by atoms with van der Waals surface area (Å²) in [6.07, 6.45) is 0. The van der Waals surface area contributed by atoms with Gasteiger partial charge in [-0.05, 0) is 12.1 Å². The molecule has 0 unspecified atom stereocenters. The Kier molecular flexibility index (Phi) is 2.32. The summed E-state index contributed by atoms with van der Waals surface area (Å²) in [6, 6.07) is 4.45. The van der Waals surface area contributed by atoms with Gasteiger partial charge >= 0.3 is 11.3 Å². The van der Waals surface area contributed by atoms with Crippen LogP contribution in [-0.4, -0.2) is 5.91 Å². The normalized spacial score (nSPS) is 10.3. The molecule has 1 N–H and O–H groups in total. The fourth-order valence-electron chi connectivity index (χ4n) is 1.40. The summed E-state index contributed by atoms with van der Waals surface area (Å²) in [5.41, 5.74) is -1.34. The monoisotopic (exact) mass is 221 g/mol. The van der Waals surface area contributed by atoms with Crippen molar-refractivity contribution in [1.29, 1.82) is 0 Å². The lowest BCUT2D eigenvalue weighted by atomic mass is 10.1. The highest BCUT2D eigenvalue weighted by molar-refractivity contribution is 6.00. The topological polar surface area (TPSA) is 89.5 Å². The van der Waals surface area contributed by atoms with E-state index >= 15 is 0 Å². The van der Waals surface area contributed by atoms with E-state index in [1.165, 1.54) is 25.1 Å². The van der Waals surface area contributed by atoms with Crippen molar-refractivity contribution in [3.05, 3.63) is 39.0 Å². The highest BCUT2D eigenvalue weighted by atomic mass is 17.0. The lowest BCUT2D eigenvalue weighted by Gasteiger charge is -2.03. The number of anilines is 1. The molecule has 82 valence electrons. The van der Waals surface area contributed by atoms with Crippen LogP contribution in [-0.2, 0) is 4.79 Å². The molecule has 0 fully saturated rings. The summed E-state index contributed by atoms with van der Waals surface area (Å²) in [4.78, 5) is 33.5. The maximum absolute atomic E-state index is 11.4. The van der Waals surface area contributed by atoms with Gasteiger partial charge in [-0.1, -0.05) is 6.07 Å². The van der Waals surface area contributed by atoms with Crippen molar-refractivity contribution in [3.8, 4) is 0 Å². The molecule has 0 bridgehead atoms. The van der Waals surface area contributed by atoms with E-state index in [2.05, 4.69) is 14.5 Å². The van der Waals surface area contributed by atoms with E-state index in [0.717, 1.165) is 0 Å². The summed E-state index contributed by atoms with van der Waals surface area (Å²) in [5.74, 6) is -0.347. The van der Waals surface area contributed by atoms with Gasteiger partial charge in [0.2, 0.25) is 5.91 Å². The standard InChI is InChI=1S/C10H7NO5/c1-5(12)11-7-4-2-3-6-8(7)10(14)16-15-9(6)13/h2-4H,1H3,(H,11,12). The fraction of sp³-hybridized carbons (Fsp3) is 0.100. The van der Waals surface area contributed by atoms with E-state index in [4.69, 9.17) is 0 Å². The van der Waals surface area contributed by atoms with Crippen LogP contribution in [0.15, 0.2) is 36.9 Å². The van der Waals surface area contributed by atoms with Crippen LogP contribution in [0.25, 0.3) is 10.8 Å².